The zero-order valence-corrected chi connectivity index (χ0v) is 14.8. The summed E-state index contributed by atoms with van der Waals surface area (Å²) in [6, 6.07) is 1.31. The van der Waals surface area contributed by atoms with Crippen LogP contribution in [0.4, 0.5) is 0 Å². The Morgan fingerprint density at radius 2 is 1.95 bits per heavy atom. The van der Waals surface area contributed by atoms with Crippen molar-refractivity contribution in [3.63, 3.8) is 0 Å². The number of Topliss-reactive ketones (excluding diaryl/α,β-unsaturated/α-hetero) is 1. The molecule has 0 aromatic carbocycles. The molecule has 4 nitrogen and oxygen atoms in total. The highest BCUT2D eigenvalue weighted by Crippen LogP contribution is 2.25. The Morgan fingerprint density at radius 1 is 1.36 bits per heavy atom. The van der Waals surface area contributed by atoms with Gasteiger partial charge in [0.15, 0.2) is 10.9 Å². The molecular weight excluding hydrogens is 300 g/mol. The molecule has 0 aliphatic heterocycles. The van der Waals surface area contributed by atoms with Gasteiger partial charge < -0.3 is 0 Å². The summed E-state index contributed by atoms with van der Waals surface area (Å²) in [5.74, 6) is -0.313. The molecular formula is C17H23ClN2O2. The molecule has 1 rings (SSSR count). The second kappa shape index (κ2) is 7.05. The van der Waals surface area contributed by atoms with E-state index < -0.39 is 5.56 Å². The summed E-state index contributed by atoms with van der Waals surface area (Å²) < 4.78 is 1.24. The van der Waals surface area contributed by atoms with E-state index in [0.29, 0.717) is 0 Å². The number of rotatable bonds is 4. The Hall–Kier alpha value is -1.68. The average molecular weight is 323 g/mol. The number of hydrogen-bond acceptors (Lipinski definition) is 3. The third-order valence-electron chi connectivity index (χ3n) is 3.61. The molecule has 0 saturated carbocycles. The number of halogens is 1. The Labute approximate surface area is 136 Å². The van der Waals surface area contributed by atoms with Crippen molar-refractivity contribution in [2.24, 2.45) is 5.41 Å². The lowest BCUT2D eigenvalue weighted by molar-refractivity contribution is 0.101. The lowest BCUT2D eigenvalue weighted by Gasteiger charge is -2.20. The molecule has 120 valence electrons. The molecule has 0 atom stereocenters. The molecule has 0 saturated heterocycles. The molecule has 0 aliphatic rings. The maximum absolute atomic E-state index is 12.3. The van der Waals surface area contributed by atoms with E-state index in [-0.39, 0.29) is 28.5 Å². The summed E-state index contributed by atoms with van der Waals surface area (Å²) in [5.41, 5.74) is 1.83. The lowest BCUT2D eigenvalue weighted by Crippen LogP contribution is -2.28. The van der Waals surface area contributed by atoms with Gasteiger partial charge in [0, 0.05) is 0 Å². The minimum Gasteiger partial charge on any atom is -0.294 e. The molecule has 22 heavy (non-hydrogen) atoms. The highest BCUT2D eigenvalue weighted by molar-refractivity contribution is 6.29. The highest BCUT2D eigenvalue weighted by atomic mass is 35.5. The molecule has 0 bridgehead atoms. The van der Waals surface area contributed by atoms with Crippen molar-refractivity contribution in [1.82, 2.24) is 9.78 Å². The van der Waals surface area contributed by atoms with Crippen LogP contribution < -0.4 is 5.56 Å². The molecule has 5 heteroatoms. The summed E-state index contributed by atoms with van der Waals surface area (Å²) in [4.78, 5) is 23.8. The zero-order chi connectivity index (χ0) is 17.1. The van der Waals surface area contributed by atoms with Crippen LogP contribution in [-0.4, -0.2) is 15.6 Å². The van der Waals surface area contributed by atoms with Gasteiger partial charge in [-0.2, -0.15) is 5.10 Å². The van der Waals surface area contributed by atoms with Crippen LogP contribution >= 0.6 is 11.6 Å². The molecule has 0 fully saturated rings. The minimum absolute atomic E-state index is 0.0472. The first-order valence-electron chi connectivity index (χ1n) is 7.18. The van der Waals surface area contributed by atoms with Gasteiger partial charge in [0.05, 0.1) is 12.1 Å². The molecule has 1 aromatic heterocycles. The summed E-state index contributed by atoms with van der Waals surface area (Å²) >= 11 is 5.91. The topological polar surface area (TPSA) is 52.0 Å². The van der Waals surface area contributed by atoms with Crippen molar-refractivity contribution < 1.29 is 4.79 Å². The van der Waals surface area contributed by atoms with E-state index >= 15 is 0 Å². The predicted molar refractivity (Wildman–Crippen MR) is 90.5 cm³/mol. The van der Waals surface area contributed by atoms with E-state index in [1.165, 1.54) is 23.2 Å². The molecule has 0 amide bonds. The van der Waals surface area contributed by atoms with Gasteiger partial charge in [0.2, 0.25) is 0 Å². The SMILES string of the molecule is CC=C(C=C(C)C(C)(C)C)Cn1nc(Cl)cc(C(C)=O)c1=O. The normalized spacial score (nSPS) is 13.4. The Morgan fingerprint density at radius 3 is 2.41 bits per heavy atom. The van der Waals surface area contributed by atoms with Gasteiger partial charge in [-0.1, -0.05) is 50.1 Å². The molecule has 0 N–H and O–H groups in total. The van der Waals surface area contributed by atoms with Gasteiger partial charge in [-0.3, -0.25) is 9.59 Å². The second-order valence-corrected chi connectivity index (χ2v) is 6.73. The molecule has 0 aliphatic carbocycles. The average Bonchev–Trinajstić information content (AvgIpc) is 2.39. The fourth-order valence-corrected chi connectivity index (χ4v) is 1.96. The van der Waals surface area contributed by atoms with Gasteiger partial charge in [0.1, 0.15) is 0 Å². The Kier molecular flexibility index (Phi) is 5.89. The van der Waals surface area contributed by atoms with Gasteiger partial charge in [-0.15, -0.1) is 0 Å². The van der Waals surface area contributed by atoms with Crippen LogP contribution in [0, 0.1) is 5.41 Å². The molecule has 0 radical (unpaired) electrons. The van der Waals surface area contributed by atoms with Gasteiger partial charge in [-0.05, 0) is 37.8 Å². The van der Waals surface area contributed by atoms with E-state index in [0.717, 1.165) is 5.57 Å². The van der Waals surface area contributed by atoms with Crippen molar-refractivity contribution in [3.05, 3.63) is 50.4 Å². The maximum atomic E-state index is 12.3. The van der Waals surface area contributed by atoms with Crippen LogP contribution in [0.3, 0.4) is 0 Å². The summed E-state index contributed by atoms with van der Waals surface area (Å²) in [6.45, 7) is 12.0. The number of allylic oxidation sites excluding steroid dienone is 4. The fraction of sp³-hybridized carbons (Fsp3) is 0.471. The van der Waals surface area contributed by atoms with Crippen molar-refractivity contribution in [3.8, 4) is 0 Å². The van der Waals surface area contributed by atoms with Gasteiger partial charge >= 0.3 is 0 Å². The summed E-state index contributed by atoms with van der Waals surface area (Å²) in [5, 5.41) is 4.16. The number of aromatic nitrogens is 2. The van der Waals surface area contributed by atoms with Gasteiger partial charge in [-0.25, -0.2) is 4.68 Å². The number of hydrogen-bond donors (Lipinski definition) is 0. The first-order valence-corrected chi connectivity index (χ1v) is 7.56. The number of carbonyl (C=O) groups excluding carboxylic acids is 1. The maximum Gasteiger partial charge on any atom is 0.278 e. The zero-order valence-electron chi connectivity index (χ0n) is 14.0. The molecule has 0 spiro atoms. The van der Waals surface area contributed by atoms with Crippen LogP contribution in [-0.2, 0) is 6.54 Å². The van der Waals surface area contributed by atoms with Crippen LogP contribution in [0.25, 0.3) is 0 Å². The standard InChI is InChI=1S/C17H23ClN2O2/c1-7-13(8-11(2)17(4,5)6)10-20-16(22)14(12(3)21)9-15(18)19-20/h7-9H,10H2,1-6H3. The summed E-state index contributed by atoms with van der Waals surface area (Å²) in [6.07, 6.45) is 3.97. The monoisotopic (exact) mass is 322 g/mol. The van der Waals surface area contributed by atoms with E-state index in [2.05, 4.69) is 32.8 Å². The van der Waals surface area contributed by atoms with Crippen molar-refractivity contribution >= 4 is 17.4 Å². The Bertz CT molecular complexity index is 692. The lowest BCUT2D eigenvalue weighted by atomic mass is 9.86. The van der Waals surface area contributed by atoms with Gasteiger partial charge in [0.25, 0.3) is 5.56 Å². The van der Waals surface area contributed by atoms with E-state index in [9.17, 15) is 9.59 Å². The van der Waals surface area contributed by atoms with E-state index in [4.69, 9.17) is 11.6 Å². The summed E-state index contributed by atoms with van der Waals surface area (Å²) in [7, 11) is 0. The van der Waals surface area contributed by atoms with Crippen molar-refractivity contribution in [2.45, 2.75) is 48.1 Å². The quantitative estimate of drug-likeness (QED) is 0.621. The minimum atomic E-state index is -0.418. The van der Waals surface area contributed by atoms with E-state index in [1.54, 1.807) is 0 Å². The van der Waals surface area contributed by atoms with E-state index in [1.807, 2.05) is 19.1 Å². The van der Waals surface area contributed by atoms with Crippen LogP contribution in [0.2, 0.25) is 5.15 Å². The number of carbonyl (C=O) groups is 1. The third kappa shape index (κ3) is 4.67. The second-order valence-electron chi connectivity index (χ2n) is 6.34. The first kappa shape index (κ1) is 18.4. The predicted octanol–water partition coefficient (Wildman–Crippen LogP) is 4.04. The molecule has 0 unspecified atom stereocenters. The first-order chi connectivity index (χ1) is 10.1. The van der Waals surface area contributed by atoms with Crippen LogP contribution in [0.5, 0.6) is 0 Å². The highest BCUT2D eigenvalue weighted by Gasteiger charge is 2.15. The van der Waals surface area contributed by atoms with Crippen LogP contribution in [0.15, 0.2) is 34.2 Å². The van der Waals surface area contributed by atoms with Crippen molar-refractivity contribution in [2.75, 3.05) is 0 Å². The molecule has 1 heterocycles. The number of ketones is 1. The number of nitrogens with zero attached hydrogens (tertiary/aromatic N) is 2. The Balaban J connectivity index is 3.24. The largest absolute Gasteiger partial charge is 0.294 e. The van der Waals surface area contributed by atoms with Crippen molar-refractivity contribution in [1.29, 1.82) is 0 Å². The smallest absolute Gasteiger partial charge is 0.278 e. The molecule has 1 aromatic rings. The van der Waals surface area contributed by atoms with Crippen LogP contribution in [0.1, 0.15) is 51.9 Å². The third-order valence-corrected chi connectivity index (χ3v) is 3.80. The fourth-order valence-electron chi connectivity index (χ4n) is 1.76.